The molecule has 1 amide bonds. The highest BCUT2D eigenvalue weighted by Gasteiger charge is 2.19. The summed E-state index contributed by atoms with van der Waals surface area (Å²) in [5.74, 6) is 0.292. The molecule has 0 aliphatic carbocycles. The molecule has 0 bridgehead atoms. The van der Waals surface area contributed by atoms with Crippen LogP contribution in [0.1, 0.15) is 10.5 Å². The lowest BCUT2D eigenvalue weighted by Crippen LogP contribution is -2.14. The average Bonchev–Trinajstić information content (AvgIpc) is 3.60. The highest BCUT2D eigenvalue weighted by molar-refractivity contribution is 7.93. The smallest absolute Gasteiger partial charge is 0.276 e. The largest absolute Gasteiger partial charge is 0.497 e. The zero-order valence-corrected chi connectivity index (χ0v) is 21.2. The SMILES string of the molecule is COc1ccc(-c2cc(C(=O)Nc3ccc(S(=O)(=O)Nc4nccs4)cc3)nn2-c2ccccc2)cc1. The van der Waals surface area contributed by atoms with Gasteiger partial charge in [0.25, 0.3) is 15.9 Å². The first-order valence-electron chi connectivity index (χ1n) is 11.1. The van der Waals surface area contributed by atoms with Gasteiger partial charge in [-0.1, -0.05) is 18.2 Å². The van der Waals surface area contributed by atoms with Crippen molar-refractivity contribution in [2.45, 2.75) is 4.90 Å². The van der Waals surface area contributed by atoms with Gasteiger partial charge in [-0.3, -0.25) is 9.52 Å². The highest BCUT2D eigenvalue weighted by Crippen LogP contribution is 2.27. The fourth-order valence-corrected chi connectivity index (χ4v) is 5.37. The number of sulfonamides is 1. The zero-order chi connectivity index (χ0) is 25.8. The fourth-order valence-electron chi connectivity index (χ4n) is 3.59. The Morgan fingerprint density at radius 2 is 1.70 bits per heavy atom. The van der Waals surface area contributed by atoms with E-state index in [1.54, 1.807) is 23.2 Å². The van der Waals surface area contributed by atoms with E-state index in [9.17, 15) is 13.2 Å². The Balaban J connectivity index is 1.39. The van der Waals surface area contributed by atoms with Gasteiger partial charge in [0, 0.05) is 22.8 Å². The first-order chi connectivity index (χ1) is 17.9. The average molecular weight is 532 g/mol. The molecule has 0 aliphatic heterocycles. The lowest BCUT2D eigenvalue weighted by molar-refractivity contribution is 0.102. The molecule has 5 rings (SSSR count). The monoisotopic (exact) mass is 531 g/mol. The van der Waals surface area contributed by atoms with E-state index in [2.05, 4.69) is 20.1 Å². The van der Waals surface area contributed by atoms with E-state index in [0.29, 0.717) is 5.69 Å². The molecule has 186 valence electrons. The van der Waals surface area contributed by atoms with Gasteiger partial charge in [0.2, 0.25) is 0 Å². The molecule has 0 radical (unpaired) electrons. The van der Waals surface area contributed by atoms with E-state index < -0.39 is 15.9 Å². The molecule has 5 aromatic rings. The minimum Gasteiger partial charge on any atom is -0.497 e. The normalized spacial score (nSPS) is 11.2. The predicted octanol–water partition coefficient (Wildman–Crippen LogP) is 5.06. The second kappa shape index (κ2) is 10.2. The van der Waals surface area contributed by atoms with Gasteiger partial charge in [-0.05, 0) is 66.7 Å². The number of thiazole rings is 1. The number of aromatic nitrogens is 3. The highest BCUT2D eigenvalue weighted by atomic mass is 32.2. The first kappa shape index (κ1) is 24.2. The van der Waals surface area contributed by atoms with Gasteiger partial charge in [0.1, 0.15) is 5.75 Å². The van der Waals surface area contributed by atoms with Gasteiger partial charge in [0.15, 0.2) is 10.8 Å². The number of hydrogen-bond donors (Lipinski definition) is 2. The van der Waals surface area contributed by atoms with Crippen molar-refractivity contribution in [3.8, 4) is 22.7 Å². The number of amides is 1. The van der Waals surface area contributed by atoms with E-state index in [0.717, 1.165) is 22.7 Å². The number of nitrogens with zero attached hydrogens (tertiary/aromatic N) is 3. The maximum Gasteiger partial charge on any atom is 0.276 e. The first-order valence-corrected chi connectivity index (χ1v) is 13.4. The van der Waals surface area contributed by atoms with Crippen LogP contribution in [0, 0.1) is 0 Å². The van der Waals surface area contributed by atoms with Crippen molar-refractivity contribution < 1.29 is 17.9 Å². The lowest BCUT2D eigenvalue weighted by Gasteiger charge is -2.08. The lowest BCUT2D eigenvalue weighted by atomic mass is 10.1. The van der Waals surface area contributed by atoms with Crippen LogP contribution < -0.4 is 14.8 Å². The van der Waals surface area contributed by atoms with Gasteiger partial charge in [-0.25, -0.2) is 18.1 Å². The van der Waals surface area contributed by atoms with Crippen molar-refractivity contribution in [2.24, 2.45) is 0 Å². The van der Waals surface area contributed by atoms with E-state index >= 15 is 0 Å². The van der Waals surface area contributed by atoms with E-state index in [-0.39, 0.29) is 15.7 Å². The topological polar surface area (TPSA) is 115 Å². The summed E-state index contributed by atoms with van der Waals surface area (Å²) in [6, 6.07) is 24.6. The summed E-state index contributed by atoms with van der Waals surface area (Å²) in [5, 5.41) is 9.29. The Morgan fingerprint density at radius 1 is 0.973 bits per heavy atom. The third-order valence-corrected chi connectivity index (χ3v) is 7.58. The van der Waals surface area contributed by atoms with Crippen LogP contribution in [-0.4, -0.2) is 36.2 Å². The van der Waals surface area contributed by atoms with Crippen LogP contribution in [0.2, 0.25) is 0 Å². The van der Waals surface area contributed by atoms with Crippen molar-refractivity contribution in [2.75, 3.05) is 17.1 Å². The zero-order valence-electron chi connectivity index (χ0n) is 19.5. The summed E-state index contributed by atoms with van der Waals surface area (Å²) in [6.45, 7) is 0. The second-order valence-corrected chi connectivity index (χ2v) is 10.4. The molecule has 11 heteroatoms. The molecule has 0 fully saturated rings. The Bertz CT molecular complexity index is 1620. The van der Waals surface area contributed by atoms with Crippen molar-refractivity contribution in [1.29, 1.82) is 0 Å². The number of carbonyl (C=O) groups excluding carboxylic acids is 1. The number of benzene rings is 3. The Kier molecular flexibility index (Phi) is 6.71. The van der Waals surface area contributed by atoms with Crippen molar-refractivity contribution in [3.63, 3.8) is 0 Å². The van der Waals surface area contributed by atoms with E-state index in [1.165, 1.54) is 41.8 Å². The van der Waals surface area contributed by atoms with E-state index in [4.69, 9.17) is 4.74 Å². The van der Waals surface area contributed by atoms with Crippen LogP contribution in [0.15, 0.2) is 101 Å². The Labute approximate surface area is 217 Å². The number of ether oxygens (including phenoxy) is 1. The standard InChI is InChI=1S/C26H21N5O4S2/c1-35-21-11-7-18(8-12-21)24-17-23(29-31(24)20-5-3-2-4-6-20)25(32)28-19-9-13-22(14-10-19)37(33,34)30-26-27-15-16-36-26/h2-17H,1H3,(H,27,30)(H,28,32). The number of rotatable bonds is 8. The summed E-state index contributed by atoms with van der Waals surface area (Å²) in [4.78, 5) is 17.1. The number of nitrogens with one attached hydrogen (secondary N) is 2. The number of methoxy groups -OCH3 is 1. The molecule has 37 heavy (non-hydrogen) atoms. The number of para-hydroxylation sites is 1. The molecule has 0 unspecified atom stereocenters. The maximum atomic E-state index is 13.1. The summed E-state index contributed by atoms with van der Waals surface area (Å²) in [6.07, 6.45) is 1.51. The summed E-state index contributed by atoms with van der Waals surface area (Å²) >= 11 is 1.18. The molecule has 0 aliphatic rings. The van der Waals surface area contributed by atoms with Gasteiger partial charge in [0.05, 0.1) is 23.4 Å². The summed E-state index contributed by atoms with van der Waals surface area (Å²) in [5.41, 5.74) is 3.03. The minimum absolute atomic E-state index is 0.0517. The molecule has 2 aromatic heterocycles. The van der Waals surface area contributed by atoms with Crippen molar-refractivity contribution in [3.05, 3.63) is 102 Å². The predicted molar refractivity (Wildman–Crippen MR) is 143 cm³/mol. The van der Waals surface area contributed by atoms with Crippen LogP contribution in [-0.2, 0) is 10.0 Å². The van der Waals surface area contributed by atoms with Crippen LogP contribution in [0.3, 0.4) is 0 Å². The minimum atomic E-state index is -3.79. The van der Waals surface area contributed by atoms with Gasteiger partial charge >= 0.3 is 0 Å². The summed E-state index contributed by atoms with van der Waals surface area (Å²) < 4.78 is 34.5. The summed E-state index contributed by atoms with van der Waals surface area (Å²) in [7, 11) is -2.19. The molecule has 0 saturated carbocycles. The molecule has 2 heterocycles. The Morgan fingerprint density at radius 3 is 2.35 bits per heavy atom. The number of anilines is 2. The van der Waals surface area contributed by atoms with Crippen LogP contribution >= 0.6 is 11.3 Å². The molecule has 9 nitrogen and oxygen atoms in total. The Hall–Kier alpha value is -4.48. The third kappa shape index (κ3) is 5.37. The van der Waals surface area contributed by atoms with Gasteiger partial charge in [-0.2, -0.15) is 5.10 Å². The van der Waals surface area contributed by atoms with Crippen molar-refractivity contribution in [1.82, 2.24) is 14.8 Å². The quantitative estimate of drug-likeness (QED) is 0.289. The van der Waals surface area contributed by atoms with Crippen LogP contribution in [0.4, 0.5) is 10.8 Å². The van der Waals surface area contributed by atoms with Crippen LogP contribution in [0.5, 0.6) is 5.75 Å². The second-order valence-electron chi connectivity index (χ2n) is 7.81. The van der Waals surface area contributed by atoms with Crippen molar-refractivity contribution >= 4 is 38.1 Å². The number of carbonyl (C=O) groups is 1. The fraction of sp³-hybridized carbons (Fsp3) is 0.0385. The molecule has 3 aromatic carbocycles. The van der Waals surface area contributed by atoms with Crippen LogP contribution in [0.25, 0.3) is 16.9 Å². The van der Waals surface area contributed by atoms with Gasteiger partial charge < -0.3 is 10.1 Å². The molecule has 0 atom stereocenters. The molecule has 0 saturated heterocycles. The van der Waals surface area contributed by atoms with Gasteiger partial charge in [-0.15, -0.1) is 11.3 Å². The number of hydrogen-bond acceptors (Lipinski definition) is 7. The molecular formula is C26H21N5O4S2. The van der Waals surface area contributed by atoms with E-state index in [1.807, 2.05) is 54.6 Å². The molecule has 0 spiro atoms. The molecule has 2 N–H and O–H groups in total. The molecular weight excluding hydrogens is 510 g/mol. The maximum absolute atomic E-state index is 13.1. The third-order valence-electron chi connectivity index (χ3n) is 5.41.